The summed E-state index contributed by atoms with van der Waals surface area (Å²) in [4.78, 5) is 0. The Kier molecular flexibility index (Phi) is 4.16. The molecule has 1 aromatic rings. The molecule has 1 aliphatic carbocycles. The van der Waals surface area contributed by atoms with Crippen LogP contribution in [-0.2, 0) is 0 Å². The van der Waals surface area contributed by atoms with E-state index in [0.717, 1.165) is 24.3 Å². The summed E-state index contributed by atoms with van der Waals surface area (Å²) in [6.45, 7) is 0. The van der Waals surface area contributed by atoms with E-state index in [2.05, 4.69) is 6.07 Å². The third kappa shape index (κ3) is 2.86. The van der Waals surface area contributed by atoms with E-state index in [1.165, 1.54) is 18.4 Å². The highest BCUT2D eigenvalue weighted by Gasteiger charge is 2.24. The standard InChI is InChI=1S/C14H19ClO2/c1-16-12-6-7-13(14(9-12)17-2)10-4-3-5-11(15)8-10/h6-7,9-11H,3-5,8H2,1-2H3. The molecule has 3 heteroatoms. The molecule has 1 saturated carbocycles. The number of ether oxygens (including phenoxy) is 2. The van der Waals surface area contributed by atoms with Gasteiger partial charge in [0, 0.05) is 11.4 Å². The Labute approximate surface area is 108 Å². The lowest BCUT2D eigenvalue weighted by molar-refractivity contribution is 0.377. The van der Waals surface area contributed by atoms with Crippen molar-refractivity contribution in [3.8, 4) is 11.5 Å². The molecule has 1 aromatic carbocycles. The third-order valence-electron chi connectivity index (χ3n) is 3.49. The topological polar surface area (TPSA) is 18.5 Å². The first kappa shape index (κ1) is 12.6. The molecule has 0 aliphatic heterocycles. The molecule has 2 unspecified atom stereocenters. The fraction of sp³-hybridized carbons (Fsp3) is 0.571. The number of rotatable bonds is 3. The molecule has 2 nitrogen and oxygen atoms in total. The van der Waals surface area contributed by atoms with Crippen molar-refractivity contribution in [3.63, 3.8) is 0 Å². The summed E-state index contributed by atoms with van der Waals surface area (Å²) >= 11 is 6.25. The third-order valence-corrected chi connectivity index (χ3v) is 3.89. The van der Waals surface area contributed by atoms with Crippen molar-refractivity contribution in [1.82, 2.24) is 0 Å². The minimum atomic E-state index is 0.306. The largest absolute Gasteiger partial charge is 0.497 e. The Hall–Kier alpha value is -0.890. The molecule has 2 rings (SSSR count). The molecule has 0 N–H and O–H groups in total. The van der Waals surface area contributed by atoms with Gasteiger partial charge in [0.25, 0.3) is 0 Å². The summed E-state index contributed by atoms with van der Waals surface area (Å²) < 4.78 is 10.7. The maximum atomic E-state index is 6.25. The molecule has 0 bridgehead atoms. The molecule has 0 saturated heterocycles. The van der Waals surface area contributed by atoms with Crippen molar-refractivity contribution >= 4 is 11.6 Å². The van der Waals surface area contributed by atoms with Gasteiger partial charge in [-0.25, -0.2) is 0 Å². The first-order chi connectivity index (χ1) is 8.24. The normalized spacial score (nSPS) is 24.4. The van der Waals surface area contributed by atoms with Gasteiger partial charge in [0.2, 0.25) is 0 Å². The number of halogens is 1. The zero-order valence-electron chi connectivity index (χ0n) is 10.4. The lowest BCUT2D eigenvalue weighted by Gasteiger charge is -2.27. The van der Waals surface area contributed by atoms with E-state index < -0.39 is 0 Å². The van der Waals surface area contributed by atoms with Crippen molar-refractivity contribution in [2.45, 2.75) is 37.0 Å². The molecule has 0 aromatic heterocycles. The Bertz CT molecular complexity index is 378. The summed E-state index contributed by atoms with van der Waals surface area (Å²) in [6, 6.07) is 6.06. The molecule has 1 fully saturated rings. The van der Waals surface area contributed by atoms with Gasteiger partial charge in [0.15, 0.2) is 0 Å². The van der Waals surface area contributed by atoms with Crippen molar-refractivity contribution < 1.29 is 9.47 Å². The van der Waals surface area contributed by atoms with Crippen molar-refractivity contribution in [3.05, 3.63) is 23.8 Å². The van der Waals surface area contributed by atoms with Gasteiger partial charge >= 0.3 is 0 Å². The smallest absolute Gasteiger partial charge is 0.126 e. The van der Waals surface area contributed by atoms with E-state index in [-0.39, 0.29) is 0 Å². The summed E-state index contributed by atoms with van der Waals surface area (Å²) in [5.74, 6) is 2.27. The van der Waals surface area contributed by atoms with Gasteiger partial charge in [-0.05, 0) is 36.8 Å². The minimum absolute atomic E-state index is 0.306. The highest BCUT2D eigenvalue weighted by molar-refractivity contribution is 6.20. The minimum Gasteiger partial charge on any atom is -0.497 e. The zero-order valence-corrected chi connectivity index (χ0v) is 11.2. The molecule has 1 aliphatic rings. The van der Waals surface area contributed by atoms with Gasteiger partial charge in [-0.3, -0.25) is 0 Å². The van der Waals surface area contributed by atoms with Crippen LogP contribution in [0.1, 0.15) is 37.2 Å². The van der Waals surface area contributed by atoms with Crippen LogP contribution >= 0.6 is 11.6 Å². The van der Waals surface area contributed by atoms with Crippen LogP contribution in [0, 0.1) is 0 Å². The van der Waals surface area contributed by atoms with Crippen LogP contribution in [0.25, 0.3) is 0 Å². The van der Waals surface area contributed by atoms with Crippen LogP contribution in [0.5, 0.6) is 11.5 Å². The van der Waals surface area contributed by atoms with Crippen LogP contribution in [0.2, 0.25) is 0 Å². The second-order valence-electron chi connectivity index (χ2n) is 4.57. The predicted molar refractivity (Wildman–Crippen MR) is 70.4 cm³/mol. The van der Waals surface area contributed by atoms with Gasteiger partial charge in [0.05, 0.1) is 14.2 Å². The van der Waals surface area contributed by atoms with Crippen LogP contribution in [0.3, 0.4) is 0 Å². The fourth-order valence-corrected chi connectivity index (χ4v) is 2.94. The highest BCUT2D eigenvalue weighted by Crippen LogP contribution is 2.40. The van der Waals surface area contributed by atoms with Gasteiger partial charge < -0.3 is 9.47 Å². The van der Waals surface area contributed by atoms with Crippen molar-refractivity contribution in [2.24, 2.45) is 0 Å². The molecule has 0 heterocycles. The molecular formula is C14H19ClO2. The first-order valence-electron chi connectivity index (χ1n) is 6.10. The van der Waals surface area contributed by atoms with Crippen molar-refractivity contribution in [1.29, 1.82) is 0 Å². The second kappa shape index (κ2) is 5.63. The number of methoxy groups -OCH3 is 2. The van der Waals surface area contributed by atoms with Crippen LogP contribution in [-0.4, -0.2) is 19.6 Å². The highest BCUT2D eigenvalue weighted by atomic mass is 35.5. The maximum Gasteiger partial charge on any atom is 0.126 e. The fourth-order valence-electron chi connectivity index (χ4n) is 2.57. The first-order valence-corrected chi connectivity index (χ1v) is 6.54. The Morgan fingerprint density at radius 1 is 1.18 bits per heavy atom. The monoisotopic (exact) mass is 254 g/mol. The van der Waals surface area contributed by atoms with E-state index in [1.54, 1.807) is 14.2 Å². The predicted octanol–water partition coefficient (Wildman–Crippen LogP) is 3.97. The molecule has 0 amide bonds. The van der Waals surface area contributed by atoms with Gasteiger partial charge in [0.1, 0.15) is 11.5 Å². The molecular weight excluding hydrogens is 236 g/mol. The molecule has 0 spiro atoms. The van der Waals surface area contributed by atoms with Gasteiger partial charge in [-0.15, -0.1) is 11.6 Å². The second-order valence-corrected chi connectivity index (χ2v) is 5.19. The van der Waals surface area contributed by atoms with Gasteiger partial charge in [-0.1, -0.05) is 12.5 Å². The molecule has 17 heavy (non-hydrogen) atoms. The van der Waals surface area contributed by atoms with E-state index in [4.69, 9.17) is 21.1 Å². The van der Waals surface area contributed by atoms with Crippen LogP contribution < -0.4 is 9.47 Å². The summed E-state index contributed by atoms with van der Waals surface area (Å²) in [5.41, 5.74) is 1.26. The Morgan fingerprint density at radius 2 is 2.00 bits per heavy atom. The van der Waals surface area contributed by atoms with Crippen LogP contribution in [0.15, 0.2) is 18.2 Å². The zero-order chi connectivity index (χ0) is 12.3. The molecule has 2 atom stereocenters. The Balaban J connectivity index is 2.24. The Morgan fingerprint density at radius 3 is 2.65 bits per heavy atom. The number of hydrogen-bond donors (Lipinski definition) is 0. The number of benzene rings is 1. The average molecular weight is 255 g/mol. The SMILES string of the molecule is COc1ccc(C2CCCC(Cl)C2)c(OC)c1. The summed E-state index contributed by atoms with van der Waals surface area (Å²) in [7, 11) is 3.38. The summed E-state index contributed by atoms with van der Waals surface area (Å²) in [6.07, 6.45) is 4.58. The quantitative estimate of drug-likeness (QED) is 0.760. The van der Waals surface area contributed by atoms with E-state index >= 15 is 0 Å². The maximum absolute atomic E-state index is 6.25. The van der Waals surface area contributed by atoms with E-state index in [0.29, 0.717) is 11.3 Å². The van der Waals surface area contributed by atoms with E-state index in [1.807, 2.05) is 12.1 Å². The summed E-state index contributed by atoms with van der Waals surface area (Å²) in [5, 5.41) is 0.306. The number of hydrogen-bond acceptors (Lipinski definition) is 2. The molecule has 0 radical (unpaired) electrons. The van der Waals surface area contributed by atoms with E-state index in [9.17, 15) is 0 Å². The number of alkyl halides is 1. The van der Waals surface area contributed by atoms with Crippen LogP contribution in [0.4, 0.5) is 0 Å². The molecule has 94 valence electrons. The lowest BCUT2D eigenvalue weighted by Crippen LogP contribution is -2.14. The van der Waals surface area contributed by atoms with Crippen molar-refractivity contribution in [2.75, 3.05) is 14.2 Å². The van der Waals surface area contributed by atoms with Gasteiger partial charge in [-0.2, -0.15) is 0 Å². The average Bonchev–Trinajstić information content (AvgIpc) is 2.38. The lowest BCUT2D eigenvalue weighted by atomic mass is 9.83.